The molecule has 1 saturated carbocycles. The van der Waals surface area contributed by atoms with E-state index in [0.29, 0.717) is 29.8 Å². The average Bonchev–Trinajstić information content (AvgIpc) is 3.62. The normalized spacial score (nSPS) is 12.8. The zero-order valence-corrected chi connectivity index (χ0v) is 23.2. The summed E-state index contributed by atoms with van der Waals surface area (Å²) in [6, 6.07) is 14.3. The Labute approximate surface area is 239 Å². The van der Waals surface area contributed by atoms with E-state index in [1.54, 1.807) is 36.6 Å². The van der Waals surface area contributed by atoms with Crippen LogP contribution in [0.3, 0.4) is 0 Å². The van der Waals surface area contributed by atoms with Crippen molar-refractivity contribution >= 4 is 36.4 Å². The molecule has 4 aromatic rings. The monoisotopic (exact) mass is 568 g/mol. The van der Waals surface area contributed by atoms with Gasteiger partial charge in [0, 0.05) is 30.5 Å². The topological polar surface area (TPSA) is 123 Å². The maximum Gasteiger partial charge on any atom is 0.227 e. The van der Waals surface area contributed by atoms with Crippen LogP contribution in [-0.4, -0.2) is 44.0 Å². The molecule has 1 aliphatic rings. The van der Waals surface area contributed by atoms with Crippen LogP contribution >= 0.6 is 24.8 Å². The number of halogens is 2. The minimum Gasteiger partial charge on any atom is -0.495 e. The Morgan fingerprint density at radius 2 is 1.87 bits per heavy atom. The number of hydrogen-bond donors (Lipinski definition) is 2. The van der Waals surface area contributed by atoms with Gasteiger partial charge in [0.05, 0.1) is 24.9 Å². The van der Waals surface area contributed by atoms with Gasteiger partial charge in [-0.05, 0) is 55.2 Å². The van der Waals surface area contributed by atoms with Crippen LogP contribution in [0.15, 0.2) is 61.4 Å². The molecule has 1 unspecified atom stereocenters. The van der Waals surface area contributed by atoms with Crippen molar-refractivity contribution in [3.8, 4) is 28.7 Å². The highest BCUT2D eigenvalue weighted by Gasteiger charge is 2.20. The van der Waals surface area contributed by atoms with Gasteiger partial charge in [-0.3, -0.25) is 0 Å². The average molecular weight is 569 g/mol. The zero-order chi connectivity index (χ0) is 25.6. The van der Waals surface area contributed by atoms with E-state index in [1.165, 1.54) is 24.7 Å². The Hall–Kier alpha value is -3.91. The van der Waals surface area contributed by atoms with Crippen LogP contribution in [0.2, 0.25) is 0 Å². The highest BCUT2D eigenvalue weighted by Crippen LogP contribution is 2.30. The van der Waals surface area contributed by atoms with Crippen LogP contribution in [0.5, 0.6) is 11.5 Å². The van der Waals surface area contributed by atoms with E-state index < -0.39 is 0 Å². The van der Waals surface area contributed by atoms with Gasteiger partial charge in [-0.15, -0.1) is 24.8 Å². The van der Waals surface area contributed by atoms with Crippen LogP contribution in [-0.2, 0) is 13.1 Å². The third-order valence-corrected chi connectivity index (χ3v) is 6.01. The molecular weight excluding hydrogens is 539 g/mol. The van der Waals surface area contributed by atoms with E-state index in [-0.39, 0.29) is 30.9 Å². The van der Waals surface area contributed by atoms with Crippen molar-refractivity contribution in [3.05, 3.63) is 72.6 Å². The first-order valence-corrected chi connectivity index (χ1v) is 12.1. The van der Waals surface area contributed by atoms with Crippen molar-refractivity contribution in [1.29, 1.82) is 5.26 Å². The van der Waals surface area contributed by atoms with Crippen LogP contribution in [0.4, 0.5) is 11.6 Å². The molecule has 0 spiro atoms. The lowest BCUT2D eigenvalue weighted by molar-refractivity contribution is 0.193. The molecule has 5 rings (SSSR count). The van der Waals surface area contributed by atoms with Crippen LogP contribution in [0.25, 0.3) is 11.1 Å². The summed E-state index contributed by atoms with van der Waals surface area (Å²) in [6.45, 7) is 3.26. The van der Waals surface area contributed by atoms with E-state index in [1.807, 2.05) is 31.2 Å². The number of anilines is 2. The molecule has 2 N–H and O–H groups in total. The number of ether oxygens (including phenoxy) is 2. The molecule has 1 atom stereocenters. The van der Waals surface area contributed by atoms with Gasteiger partial charge in [-0.1, -0.05) is 12.1 Å². The fourth-order valence-corrected chi connectivity index (χ4v) is 3.90. The number of methoxy groups -OCH3 is 1. The van der Waals surface area contributed by atoms with Gasteiger partial charge in [0.25, 0.3) is 0 Å². The fourth-order valence-electron chi connectivity index (χ4n) is 3.90. The molecule has 204 valence electrons. The quantitative estimate of drug-likeness (QED) is 0.259. The summed E-state index contributed by atoms with van der Waals surface area (Å²) in [6.07, 6.45) is 8.88. The number of nitrogens with one attached hydrogen (secondary N) is 2. The van der Waals surface area contributed by atoms with Crippen molar-refractivity contribution in [3.63, 3.8) is 0 Å². The van der Waals surface area contributed by atoms with E-state index in [9.17, 15) is 5.26 Å². The van der Waals surface area contributed by atoms with Crippen molar-refractivity contribution in [2.45, 2.75) is 45.0 Å². The number of rotatable bonds is 11. The summed E-state index contributed by atoms with van der Waals surface area (Å²) >= 11 is 0. The Balaban J connectivity index is 0.00000210. The molecule has 2 aromatic carbocycles. The van der Waals surface area contributed by atoms with Crippen LogP contribution < -0.4 is 20.1 Å². The Morgan fingerprint density at radius 3 is 2.54 bits per heavy atom. The first kappa shape index (κ1) is 29.6. The Bertz CT molecular complexity index is 1390. The number of nitriles is 1. The predicted molar refractivity (Wildman–Crippen MR) is 153 cm³/mol. The summed E-state index contributed by atoms with van der Waals surface area (Å²) < 4.78 is 13.3. The number of aromatic nitrogens is 5. The lowest BCUT2D eigenvalue weighted by atomic mass is 10.1. The molecule has 2 aromatic heterocycles. The predicted octanol–water partition coefficient (Wildman–Crippen LogP) is 4.92. The van der Waals surface area contributed by atoms with Crippen molar-refractivity contribution in [1.82, 2.24) is 30.0 Å². The molecule has 1 fully saturated rings. The van der Waals surface area contributed by atoms with Gasteiger partial charge in [-0.25, -0.2) is 19.6 Å². The molecule has 2 heterocycles. The zero-order valence-electron chi connectivity index (χ0n) is 21.6. The standard InChI is InChI=1S/C27H28N8O2.2ClH/c1-18(15-35-17-29-16-33-35)37-25-10-20(4-5-21(25)11-28)22-13-31-27(32-14-22)34-24-8-3-19(9-26(24)36-2)12-30-23-6-7-23;;/h3-5,8-10,13-14,16-18,23,30H,6-7,12,15H2,1-2H3,(H,31,32,34);2*1H. The van der Waals surface area contributed by atoms with Gasteiger partial charge in [0.1, 0.15) is 36.3 Å². The molecular formula is C27H30Cl2N8O2. The molecule has 0 radical (unpaired) electrons. The van der Waals surface area contributed by atoms with Gasteiger partial charge >= 0.3 is 0 Å². The molecule has 0 amide bonds. The van der Waals surface area contributed by atoms with Crippen molar-refractivity contribution < 1.29 is 9.47 Å². The number of nitrogens with zero attached hydrogens (tertiary/aromatic N) is 6. The lowest BCUT2D eigenvalue weighted by Gasteiger charge is -2.16. The SMILES string of the molecule is COc1cc(CNC2CC2)ccc1Nc1ncc(-c2ccc(C#N)c(OC(C)Cn3cncn3)c2)cn1.Cl.Cl. The number of benzene rings is 2. The van der Waals surface area contributed by atoms with E-state index in [2.05, 4.69) is 42.8 Å². The first-order valence-electron chi connectivity index (χ1n) is 12.1. The number of hydrogen-bond acceptors (Lipinski definition) is 9. The van der Waals surface area contributed by atoms with E-state index in [4.69, 9.17) is 9.47 Å². The fraction of sp³-hybridized carbons (Fsp3) is 0.296. The summed E-state index contributed by atoms with van der Waals surface area (Å²) in [5, 5.41) is 20.4. The highest BCUT2D eigenvalue weighted by molar-refractivity contribution is 5.85. The molecule has 39 heavy (non-hydrogen) atoms. The van der Waals surface area contributed by atoms with Gasteiger partial charge in [0.2, 0.25) is 5.95 Å². The van der Waals surface area contributed by atoms with E-state index >= 15 is 0 Å². The van der Waals surface area contributed by atoms with Crippen LogP contribution in [0.1, 0.15) is 30.9 Å². The maximum absolute atomic E-state index is 9.54. The third-order valence-electron chi connectivity index (χ3n) is 6.01. The van der Waals surface area contributed by atoms with Gasteiger partial charge in [-0.2, -0.15) is 10.4 Å². The second kappa shape index (κ2) is 13.8. The maximum atomic E-state index is 9.54. The van der Waals surface area contributed by atoms with Gasteiger partial charge < -0.3 is 20.1 Å². The summed E-state index contributed by atoms with van der Waals surface area (Å²) in [5.41, 5.74) is 4.06. The summed E-state index contributed by atoms with van der Waals surface area (Å²) in [7, 11) is 1.65. The molecule has 0 bridgehead atoms. The van der Waals surface area contributed by atoms with Crippen molar-refractivity contribution in [2.75, 3.05) is 12.4 Å². The molecule has 0 aliphatic heterocycles. The first-order chi connectivity index (χ1) is 18.1. The highest BCUT2D eigenvalue weighted by atomic mass is 35.5. The minimum atomic E-state index is -0.210. The Kier molecular flexibility index (Phi) is 10.5. The third kappa shape index (κ3) is 7.80. The summed E-state index contributed by atoms with van der Waals surface area (Å²) in [4.78, 5) is 12.9. The molecule has 1 aliphatic carbocycles. The largest absolute Gasteiger partial charge is 0.495 e. The van der Waals surface area contributed by atoms with Gasteiger partial charge in [0.15, 0.2) is 0 Å². The van der Waals surface area contributed by atoms with Crippen LogP contribution in [0, 0.1) is 11.3 Å². The smallest absolute Gasteiger partial charge is 0.227 e. The minimum absolute atomic E-state index is 0. The lowest BCUT2D eigenvalue weighted by Crippen LogP contribution is -2.20. The second-order valence-electron chi connectivity index (χ2n) is 8.98. The molecule has 0 saturated heterocycles. The van der Waals surface area contributed by atoms with Crippen molar-refractivity contribution in [2.24, 2.45) is 0 Å². The molecule has 12 heteroatoms. The summed E-state index contributed by atoms with van der Waals surface area (Å²) in [5.74, 6) is 1.69. The Morgan fingerprint density at radius 1 is 1.08 bits per heavy atom. The second-order valence-corrected chi connectivity index (χ2v) is 8.98. The van der Waals surface area contributed by atoms with E-state index in [0.717, 1.165) is 29.1 Å². The molecule has 10 nitrogen and oxygen atoms in total.